The summed E-state index contributed by atoms with van der Waals surface area (Å²) in [6, 6.07) is 2.69. The first-order chi connectivity index (χ1) is 8.00. The molecule has 0 atom stereocenters. The summed E-state index contributed by atoms with van der Waals surface area (Å²) in [6.07, 6.45) is 1.40. The van der Waals surface area contributed by atoms with E-state index in [4.69, 9.17) is 21.8 Å². The molecular formula is C12H14ClFN2O. The smallest absolute Gasteiger partial charge is 0.215 e. The predicted molar refractivity (Wildman–Crippen MR) is 65.4 cm³/mol. The molecule has 0 aliphatic rings. The molecule has 0 bridgehead atoms. The highest BCUT2D eigenvalue weighted by Crippen LogP contribution is 2.30. The third-order valence-electron chi connectivity index (χ3n) is 3.12. The highest BCUT2D eigenvalue weighted by atomic mass is 35.5. The number of fused-ring (bicyclic) bond motifs is 1. The van der Waals surface area contributed by atoms with E-state index in [0.29, 0.717) is 29.8 Å². The topological polar surface area (TPSA) is 52.0 Å². The van der Waals surface area contributed by atoms with Crippen molar-refractivity contribution < 1.29 is 8.81 Å². The summed E-state index contributed by atoms with van der Waals surface area (Å²) < 4.78 is 18.8. The molecule has 3 nitrogen and oxygen atoms in total. The van der Waals surface area contributed by atoms with E-state index >= 15 is 0 Å². The molecule has 0 radical (unpaired) electrons. The Labute approximate surface area is 104 Å². The molecule has 0 spiro atoms. The van der Waals surface area contributed by atoms with Crippen molar-refractivity contribution in [1.29, 1.82) is 0 Å². The minimum absolute atomic E-state index is 0.0352. The second kappa shape index (κ2) is 4.27. The van der Waals surface area contributed by atoms with Gasteiger partial charge in [-0.3, -0.25) is 0 Å². The van der Waals surface area contributed by atoms with Crippen molar-refractivity contribution in [3.63, 3.8) is 0 Å². The number of oxazole rings is 1. The Morgan fingerprint density at radius 3 is 2.65 bits per heavy atom. The number of hydrogen-bond donors (Lipinski definition) is 1. The standard InChI is InChI=1S/C12H14ClFN2O/c1-3-12(15,4-2)11-16-9-5-7(13)8(14)6-10(9)17-11/h5-6H,3-4,15H2,1-2H3. The van der Waals surface area contributed by atoms with Gasteiger partial charge in [-0.1, -0.05) is 25.4 Å². The zero-order valence-electron chi connectivity index (χ0n) is 9.76. The van der Waals surface area contributed by atoms with Gasteiger partial charge in [0.1, 0.15) is 11.3 Å². The fourth-order valence-corrected chi connectivity index (χ4v) is 1.85. The largest absolute Gasteiger partial charge is 0.439 e. The molecule has 0 saturated heterocycles. The van der Waals surface area contributed by atoms with Crippen LogP contribution in [0.25, 0.3) is 11.1 Å². The van der Waals surface area contributed by atoms with Gasteiger partial charge < -0.3 is 10.2 Å². The summed E-state index contributed by atoms with van der Waals surface area (Å²) in [5, 5.41) is 0.0352. The summed E-state index contributed by atoms with van der Waals surface area (Å²) in [7, 11) is 0. The first-order valence-electron chi connectivity index (χ1n) is 5.55. The Morgan fingerprint density at radius 1 is 1.41 bits per heavy atom. The molecule has 1 aromatic heterocycles. The van der Waals surface area contributed by atoms with Crippen LogP contribution in [0.5, 0.6) is 0 Å². The Hall–Kier alpha value is -1.13. The molecule has 5 heteroatoms. The molecule has 2 rings (SSSR count). The SMILES string of the molecule is CCC(N)(CC)c1nc2cc(Cl)c(F)cc2o1. The molecule has 0 unspecified atom stereocenters. The molecule has 0 saturated carbocycles. The van der Waals surface area contributed by atoms with Gasteiger partial charge in [0.15, 0.2) is 5.58 Å². The van der Waals surface area contributed by atoms with Crippen molar-refractivity contribution >= 4 is 22.7 Å². The van der Waals surface area contributed by atoms with Gasteiger partial charge in [-0.2, -0.15) is 0 Å². The molecule has 0 aliphatic heterocycles. The zero-order chi connectivity index (χ0) is 12.6. The van der Waals surface area contributed by atoms with Crippen LogP contribution in [-0.4, -0.2) is 4.98 Å². The van der Waals surface area contributed by atoms with Crippen LogP contribution in [0.2, 0.25) is 5.02 Å². The van der Waals surface area contributed by atoms with Crippen molar-refractivity contribution in [3.05, 3.63) is 28.9 Å². The van der Waals surface area contributed by atoms with Crippen LogP contribution in [0.1, 0.15) is 32.6 Å². The number of aromatic nitrogens is 1. The van der Waals surface area contributed by atoms with Gasteiger partial charge in [-0.25, -0.2) is 9.37 Å². The highest BCUT2D eigenvalue weighted by molar-refractivity contribution is 6.31. The molecule has 2 N–H and O–H groups in total. The third-order valence-corrected chi connectivity index (χ3v) is 3.41. The highest BCUT2D eigenvalue weighted by Gasteiger charge is 2.29. The molecule has 0 fully saturated rings. The minimum Gasteiger partial charge on any atom is -0.439 e. The Kier molecular flexibility index (Phi) is 3.10. The Bertz CT molecular complexity index is 510. The lowest BCUT2D eigenvalue weighted by Crippen LogP contribution is -2.35. The number of halogens is 2. The Balaban J connectivity index is 2.58. The van der Waals surface area contributed by atoms with Crippen molar-refractivity contribution in [3.8, 4) is 0 Å². The quantitative estimate of drug-likeness (QED) is 0.913. The lowest BCUT2D eigenvalue weighted by Gasteiger charge is -2.21. The lowest BCUT2D eigenvalue weighted by atomic mass is 9.94. The maximum atomic E-state index is 13.3. The molecule has 0 aliphatic carbocycles. The molecule has 1 aromatic carbocycles. The van der Waals surface area contributed by atoms with E-state index in [0.717, 1.165) is 0 Å². The number of hydrogen-bond acceptors (Lipinski definition) is 3. The van der Waals surface area contributed by atoms with Gasteiger partial charge in [0.05, 0.1) is 10.6 Å². The molecule has 17 heavy (non-hydrogen) atoms. The normalized spacial score (nSPS) is 12.3. The van der Waals surface area contributed by atoms with Crippen LogP contribution in [0.15, 0.2) is 16.5 Å². The van der Waals surface area contributed by atoms with Crippen LogP contribution in [-0.2, 0) is 5.54 Å². The minimum atomic E-state index is -0.609. The van der Waals surface area contributed by atoms with Crippen molar-refractivity contribution in [2.24, 2.45) is 5.73 Å². The van der Waals surface area contributed by atoms with E-state index in [2.05, 4.69) is 4.98 Å². The summed E-state index contributed by atoms with van der Waals surface area (Å²) in [6.45, 7) is 3.93. The summed E-state index contributed by atoms with van der Waals surface area (Å²) in [5.41, 5.74) is 6.47. The van der Waals surface area contributed by atoms with Gasteiger partial charge in [0, 0.05) is 6.07 Å². The van der Waals surface area contributed by atoms with Crippen LogP contribution in [0.4, 0.5) is 4.39 Å². The average Bonchev–Trinajstić information content (AvgIpc) is 2.72. The fraction of sp³-hybridized carbons (Fsp3) is 0.417. The van der Waals surface area contributed by atoms with Crippen molar-refractivity contribution in [2.75, 3.05) is 0 Å². The number of benzene rings is 1. The summed E-state index contributed by atoms with van der Waals surface area (Å²) in [5.74, 6) is -0.0864. The average molecular weight is 257 g/mol. The second-order valence-electron chi connectivity index (χ2n) is 4.12. The van der Waals surface area contributed by atoms with E-state index in [1.54, 1.807) is 0 Å². The van der Waals surface area contributed by atoms with Crippen LogP contribution in [0.3, 0.4) is 0 Å². The zero-order valence-corrected chi connectivity index (χ0v) is 10.5. The van der Waals surface area contributed by atoms with E-state index in [1.165, 1.54) is 12.1 Å². The summed E-state index contributed by atoms with van der Waals surface area (Å²) >= 11 is 5.69. The monoisotopic (exact) mass is 256 g/mol. The molecular weight excluding hydrogens is 243 g/mol. The van der Waals surface area contributed by atoms with Crippen LogP contribution in [0, 0.1) is 5.82 Å². The molecule has 0 amide bonds. The first kappa shape index (κ1) is 12.3. The van der Waals surface area contributed by atoms with Gasteiger partial charge in [0.2, 0.25) is 5.89 Å². The van der Waals surface area contributed by atoms with Crippen molar-refractivity contribution in [2.45, 2.75) is 32.2 Å². The Morgan fingerprint density at radius 2 is 2.06 bits per heavy atom. The van der Waals surface area contributed by atoms with E-state index in [9.17, 15) is 4.39 Å². The molecule has 2 aromatic rings. The second-order valence-corrected chi connectivity index (χ2v) is 4.52. The third kappa shape index (κ3) is 2.03. The molecule has 1 heterocycles. The van der Waals surface area contributed by atoms with Gasteiger partial charge in [-0.15, -0.1) is 0 Å². The lowest BCUT2D eigenvalue weighted by molar-refractivity contribution is 0.318. The predicted octanol–water partition coefficient (Wildman–Crippen LogP) is 3.59. The van der Waals surface area contributed by atoms with Gasteiger partial charge >= 0.3 is 0 Å². The number of nitrogens with two attached hydrogens (primary N) is 1. The number of nitrogens with zero attached hydrogens (tertiary/aromatic N) is 1. The first-order valence-corrected chi connectivity index (χ1v) is 5.93. The number of rotatable bonds is 3. The van der Waals surface area contributed by atoms with Crippen LogP contribution < -0.4 is 5.73 Å². The van der Waals surface area contributed by atoms with E-state index in [-0.39, 0.29) is 5.02 Å². The maximum absolute atomic E-state index is 13.3. The van der Waals surface area contributed by atoms with Crippen LogP contribution >= 0.6 is 11.6 Å². The molecule has 92 valence electrons. The van der Waals surface area contributed by atoms with E-state index < -0.39 is 11.4 Å². The maximum Gasteiger partial charge on any atom is 0.215 e. The fourth-order valence-electron chi connectivity index (χ4n) is 1.69. The van der Waals surface area contributed by atoms with Gasteiger partial charge in [-0.05, 0) is 18.9 Å². The van der Waals surface area contributed by atoms with Gasteiger partial charge in [0.25, 0.3) is 0 Å². The van der Waals surface area contributed by atoms with Crippen molar-refractivity contribution in [1.82, 2.24) is 4.98 Å². The summed E-state index contributed by atoms with van der Waals surface area (Å²) in [4.78, 5) is 4.29. The van der Waals surface area contributed by atoms with E-state index in [1.807, 2.05) is 13.8 Å².